The molecule has 2 atom stereocenters. The molecule has 5 nitrogen and oxygen atoms in total. The Morgan fingerprint density at radius 2 is 2.22 bits per heavy atom. The van der Waals surface area contributed by atoms with Crippen molar-refractivity contribution in [2.75, 3.05) is 0 Å². The second-order valence-electron chi connectivity index (χ2n) is 5.31. The molecular formula is C13H21NO4. The number of amides is 1. The lowest BCUT2D eigenvalue weighted by atomic mass is 10.1. The fourth-order valence-corrected chi connectivity index (χ4v) is 1.50. The zero-order valence-corrected chi connectivity index (χ0v) is 11.3. The normalized spacial score (nSPS) is 14.9. The van der Waals surface area contributed by atoms with Crippen LogP contribution in [0.1, 0.15) is 46.0 Å². The smallest absolute Gasteiger partial charge is 0.407 e. The van der Waals surface area contributed by atoms with E-state index in [9.17, 15) is 9.90 Å². The lowest BCUT2D eigenvalue weighted by Crippen LogP contribution is -2.38. The molecule has 1 aromatic heterocycles. The monoisotopic (exact) mass is 255 g/mol. The van der Waals surface area contributed by atoms with Crippen molar-refractivity contribution in [2.24, 2.45) is 0 Å². The Bertz CT molecular complexity index is 367. The van der Waals surface area contributed by atoms with E-state index in [1.54, 1.807) is 39.8 Å². The van der Waals surface area contributed by atoms with Crippen molar-refractivity contribution in [2.45, 2.75) is 51.9 Å². The van der Waals surface area contributed by atoms with Gasteiger partial charge in [0.1, 0.15) is 17.5 Å². The second-order valence-corrected chi connectivity index (χ2v) is 5.31. The zero-order valence-electron chi connectivity index (χ0n) is 11.3. The van der Waals surface area contributed by atoms with Gasteiger partial charge in [-0.2, -0.15) is 0 Å². The van der Waals surface area contributed by atoms with Crippen molar-refractivity contribution in [3.8, 4) is 0 Å². The minimum atomic E-state index is -0.732. The van der Waals surface area contributed by atoms with Crippen LogP contribution in [-0.2, 0) is 4.74 Å². The highest BCUT2D eigenvalue weighted by molar-refractivity contribution is 5.68. The van der Waals surface area contributed by atoms with E-state index in [1.165, 1.54) is 6.26 Å². The number of alkyl carbamates (subject to hydrolysis) is 1. The molecule has 2 unspecified atom stereocenters. The van der Waals surface area contributed by atoms with E-state index in [1.807, 2.05) is 0 Å². The minimum Gasteiger partial charge on any atom is -0.467 e. The average Bonchev–Trinajstić information content (AvgIpc) is 2.65. The molecule has 1 aromatic rings. The third-order valence-electron chi connectivity index (χ3n) is 2.21. The van der Waals surface area contributed by atoms with Crippen molar-refractivity contribution in [1.82, 2.24) is 5.32 Å². The third-order valence-corrected chi connectivity index (χ3v) is 2.21. The number of hydrogen-bond acceptors (Lipinski definition) is 4. The lowest BCUT2D eigenvalue weighted by Gasteiger charge is -2.22. The molecule has 0 saturated heterocycles. The third kappa shape index (κ3) is 5.23. The minimum absolute atomic E-state index is 0.208. The Labute approximate surface area is 107 Å². The van der Waals surface area contributed by atoms with Crippen LogP contribution >= 0.6 is 0 Å². The zero-order chi connectivity index (χ0) is 13.8. The van der Waals surface area contributed by atoms with E-state index in [0.717, 1.165) is 0 Å². The summed E-state index contributed by atoms with van der Waals surface area (Å²) in [4.78, 5) is 11.5. The van der Waals surface area contributed by atoms with Crippen LogP contribution in [0.5, 0.6) is 0 Å². The summed E-state index contributed by atoms with van der Waals surface area (Å²) in [5, 5.41) is 12.5. The molecular weight excluding hydrogens is 234 g/mol. The molecule has 2 N–H and O–H groups in total. The lowest BCUT2D eigenvalue weighted by molar-refractivity contribution is 0.0484. The summed E-state index contributed by atoms with van der Waals surface area (Å²) in [5.41, 5.74) is -0.524. The molecule has 102 valence electrons. The average molecular weight is 255 g/mol. The van der Waals surface area contributed by atoms with E-state index in [-0.39, 0.29) is 6.04 Å². The van der Waals surface area contributed by atoms with Gasteiger partial charge in [-0.05, 0) is 39.8 Å². The van der Waals surface area contributed by atoms with Gasteiger partial charge in [-0.15, -0.1) is 0 Å². The highest BCUT2D eigenvalue weighted by Crippen LogP contribution is 2.18. The number of carbonyl (C=O) groups excluding carboxylic acids is 1. The molecule has 0 bridgehead atoms. The number of aliphatic hydroxyl groups excluding tert-OH is 1. The van der Waals surface area contributed by atoms with Crippen LogP contribution in [0.15, 0.2) is 22.8 Å². The van der Waals surface area contributed by atoms with Gasteiger partial charge in [0.2, 0.25) is 0 Å². The van der Waals surface area contributed by atoms with E-state index < -0.39 is 17.8 Å². The molecule has 0 saturated carbocycles. The topological polar surface area (TPSA) is 71.7 Å². The number of furan rings is 1. The first-order valence-electron chi connectivity index (χ1n) is 5.99. The molecule has 0 aliphatic heterocycles. The number of hydrogen-bond donors (Lipinski definition) is 2. The van der Waals surface area contributed by atoms with Crippen molar-refractivity contribution < 1.29 is 19.1 Å². The molecule has 0 aromatic carbocycles. The Balaban J connectivity index is 2.37. The Morgan fingerprint density at radius 1 is 1.56 bits per heavy atom. The molecule has 0 fully saturated rings. The summed E-state index contributed by atoms with van der Waals surface area (Å²) in [6.07, 6.45) is 0.656. The van der Waals surface area contributed by atoms with Gasteiger partial charge in [0.15, 0.2) is 0 Å². The predicted octanol–water partition coefficient (Wildman–Crippen LogP) is 2.62. The van der Waals surface area contributed by atoms with Crippen LogP contribution < -0.4 is 5.32 Å². The molecule has 18 heavy (non-hydrogen) atoms. The van der Waals surface area contributed by atoms with Crippen molar-refractivity contribution in [1.29, 1.82) is 0 Å². The van der Waals surface area contributed by atoms with E-state index in [0.29, 0.717) is 12.2 Å². The molecule has 1 amide bonds. The quantitative estimate of drug-likeness (QED) is 0.867. The number of rotatable bonds is 4. The highest BCUT2D eigenvalue weighted by atomic mass is 16.6. The second kappa shape index (κ2) is 5.91. The number of aliphatic hydroxyl groups is 1. The van der Waals surface area contributed by atoms with Gasteiger partial charge in [0.05, 0.1) is 6.26 Å². The van der Waals surface area contributed by atoms with Gasteiger partial charge in [-0.25, -0.2) is 4.79 Å². The maximum Gasteiger partial charge on any atom is 0.407 e. The summed E-state index contributed by atoms with van der Waals surface area (Å²) in [7, 11) is 0. The maximum absolute atomic E-state index is 11.5. The van der Waals surface area contributed by atoms with E-state index in [2.05, 4.69) is 5.32 Å². The summed E-state index contributed by atoms with van der Waals surface area (Å²) in [6.45, 7) is 7.20. The Hall–Kier alpha value is -1.49. The largest absolute Gasteiger partial charge is 0.467 e. The van der Waals surface area contributed by atoms with Crippen LogP contribution in [-0.4, -0.2) is 22.8 Å². The van der Waals surface area contributed by atoms with Crippen molar-refractivity contribution in [3.05, 3.63) is 24.2 Å². The van der Waals surface area contributed by atoms with E-state index in [4.69, 9.17) is 9.15 Å². The predicted molar refractivity (Wildman–Crippen MR) is 67.1 cm³/mol. The Kier molecular flexibility index (Phi) is 4.78. The summed E-state index contributed by atoms with van der Waals surface area (Å²) >= 11 is 0. The number of carbonyl (C=O) groups is 1. The molecule has 0 aliphatic rings. The van der Waals surface area contributed by atoms with Gasteiger partial charge in [0, 0.05) is 12.5 Å². The van der Waals surface area contributed by atoms with Gasteiger partial charge in [-0.3, -0.25) is 0 Å². The summed E-state index contributed by atoms with van der Waals surface area (Å²) in [5.74, 6) is 0.493. The number of nitrogens with one attached hydrogen (secondary N) is 1. The molecule has 0 aliphatic carbocycles. The standard InChI is InChI=1S/C13H21NO4/c1-9(14-12(16)18-13(2,3)4)8-10(15)11-6-5-7-17-11/h5-7,9-10,15H,8H2,1-4H3,(H,14,16). The van der Waals surface area contributed by atoms with Gasteiger partial charge in [0.25, 0.3) is 0 Å². The summed E-state index contributed by atoms with van der Waals surface area (Å²) < 4.78 is 10.2. The Morgan fingerprint density at radius 3 is 2.72 bits per heavy atom. The van der Waals surface area contributed by atoms with Crippen molar-refractivity contribution >= 4 is 6.09 Å². The van der Waals surface area contributed by atoms with Crippen LogP contribution in [0.2, 0.25) is 0 Å². The van der Waals surface area contributed by atoms with E-state index >= 15 is 0 Å². The van der Waals surface area contributed by atoms with Crippen LogP contribution in [0.3, 0.4) is 0 Å². The maximum atomic E-state index is 11.5. The van der Waals surface area contributed by atoms with Gasteiger partial charge < -0.3 is 19.6 Å². The fourth-order valence-electron chi connectivity index (χ4n) is 1.50. The first-order chi connectivity index (χ1) is 8.28. The molecule has 0 radical (unpaired) electrons. The van der Waals surface area contributed by atoms with Crippen LogP contribution in [0.25, 0.3) is 0 Å². The first-order valence-corrected chi connectivity index (χ1v) is 5.99. The molecule has 0 spiro atoms. The van der Waals surface area contributed by atoms with Crippen LogP contribution in [0, 0.1) is 0 Å². The summed E-state index contributed by atoms with van der Waals surface area (Å²) in [6, 6.07) is 3.20. The van der Waals surface area contributed by atoms with Gasteiger partial charge in [-0.1, -0.05) is 0 Å². The van der Waals surface area contributed by atoms with Gasteiger partial charge >= 0.3 is 6.09 Å². The molecule has 5 heteroatoms. The first kappa shape index (κ1) is 14.6. The molecule has 1 rings (SSSR count). The molecule has 1 heterocycles. The highest BCUT2D eigenvalue weighted by Gasteiger charge is 2.20. The number of ether oxygens (including phenoxy) is 1. The fraction of sp³-hybridized carbons (Fsp3) is 0.615. The SMILES string of the molecule is CC(CC(O)c1ccco1)NC(=O)OC(C)(C)C. The van der Waals surface area contributed by atoms with Crippen molar-refractivity contribution in [3.63, 3.8) is 0 Å². The van der Waals surface area contributed by atoms with Crippen LogP contribution in [0.4, 0.5) is 4.79 Å².